The predicted molar refractivity (Wildman–Crippen MR) is 75.8 cm³/mol. The highest BCUT2D eigenvalue weighted by atomic mass is 15.3. The third-order valence-electron chi connectivity index (χ3n) is 3.02. The van der Waals surface area contributed by atoms with Crippen LogP contribution in [0.25, 0.3) is 0 Å². The smallest absolute Gasteiger partial charge is 0.0539 e. The average Bonchev–Trinajstić information content (AvgIpc) is 2.79. The molecule has 0 radical (unpaired) electrons. The number of nitrogens with one attached hydrogen (secondary N) is 1. The zero-order chi connectivity index (χ0) is 13.0. The van der Waals surface area contributed by atoms with Crippen molar-refractivity contribution in [2.45, 2.75) is 40.3 Å². The summed E-state index contributed by atoms with van der Waals surface area (Å²) in [7, 11) is 0. The summed E-state index contributed by atoms with van der Waals surface area (Å²) in [5.41, 5.74) is 4.99. The van der Waals surface area contributed by atoms with Crippen LogP contribution >= 0.6 is 0 Å². The monoisotopic (exact) mass is 243 g/mol. The van der Waals surface area contributed by atoms with E-state index in [-0.39, 0.29) is 0 Å². The van der Waals surface area contributed by atoms with Gasteiger partial charge in [0, 0.05) is 30.5 Å². The minimum Gasteiger partial charge on any atom is -0.381 e. The maximum Gasteiger partial charge on any atom is 0.0539 e. The van der Waals surface area contributed by atoms with Crippen LogP contribution in [0.5, 0.6) is 0 Å². The summed E-state index contributed by atoms with van der Waals surface area (Å²) in [4.78, 5) is 0. The predicted octanol–water partition coefficient (Wildman–Crippen LogP) is 3.52. The molecule has 1 aromatic heterocycles. The number of nitrogens with zero attached hydrogens (tertiary/aromatic N) is 2. The van der Waals surface area contributed by atoms with Crippen molar-refractivity contribution in [2.24, 2.45) is 0 Å². The number of anilines is 1. The fourth-order valence-corrected chi connectivity index (χ4v) is 1.97. The number of benzene rings is 1. The molecule has 3 nitrogen and oxygen atoms in total. The van der Waals surface area contributed by atoms with Gasteiger partial charge in [-0.1, -0.05) is 19.1 Å². The van der Waals surface area contributed by atoms with E-state index >= 15 is 0 Å². The van der Waals surface area contributed by atoms with E-state index in [1.54, 1.807) is 0 Å². The van der Waals surface area contributed by atoms with Gasteiger partial charge in [-0.25, -0.2) is 0 Å². The minimum absolute atomic E-state index is 0.827. The largest absolute Gasteiger partial charge is 0.381 e. The molecule has 18 heavy (non-hydrogen) atoms. The van der Waals surface area contributed by atoms with E-state index in [4.69, 9.17) is 0 Å². The zero-order valence-electron chi connectivity index (χ0n) is 11.4. The summed E-state index contributed by atoms with van der Waals surface area (Å²) in [5, 5.41) is 7.81. The zero-order valence-corrected chi connectivity index (χ0v) is 11.4. The van der Waals surface area contributed by atoms with Gasteiger partial charge in [0.2, 0.25) is 0 Å². The SMILES string of the molecule is CCCn1cc(CNc2cc(C)ccc2C)cn1. The molecule has 3 heteroatoms. The molecule has 0 aliphatic carbocycles. The Labute approximate surface area is 109 Å². The van der Waals surface area contributed by atoms with E-state index in [1.807, 2.05) is 10.9 Å². The third kappa shape index (κ3) is 3.13. The van der Waals surface area contributed by atoms with E-state index < -0.39 is 0 Å². The molecule has 1 heterocycles. The lowest BCUT2D eigenvalue weighted by atomic mass is 10.1. The van der Waals surface area contributed by atoms with Crippen molar-refractivity contribution in [1.82, 2.24) is 9.78 Å². The fraction of sp³-hybridized carbons (Fsp3) is 0.400. The summed E-state index contributed by atoms with van der Waals surface area (Å²) in [6, 6.07) is 6.48. The first-order valence-corrected chi connectivity index (χ1v) is 6.51. The molecule has 0 aliphatic rings. The van der Waals surface area contributed by atoms with E-state index in [0.29, 0.717) is 0 Å². The van der Waals surface area contributed by atoms with Gasteiger partial charge in [0.25, 0.3) is 0 Å². The van der Waals surface area contributed by atoms with Crippen LogP contribution in [-0.4, -0.2) is 9.78 Å². The van der Waals surface area contributed by atoms with Gasteiger partial charge in [0.05, 0.1) is 6.20 Å². The Hall–Kier alpha value is -1.77. The topological polar surface area (TPSA) is 29.9 Å². The van der Waals surface area contributed by atoms with Crippen LogP contribution in [0.15, 0.2) is 30.6 Å². The van der Waals surface area contributed by atoms with E-state index in [2.05, 4.69) is 55.6 Å². The van der Waals surface area contributed by atoms with Crippen molar-refractivity contribution in [2.75, 3.05) is 5.32 Å². The second-order valence-electron chi connectivity index (χ2n) is 4.78. The standard InChI is InChI=1S/C15H21N3/c1-4-7-18-11-14(10-17-18)9-16-15-8-12(2)5-6-13(15)3/h5-6,8,10-11,16H,4,7,9H2,1-3H3. The Morgan fingerprint density at radius 3 is 2.89 bits per heavy atom. The molecule has 1 N–H and O–H groups in total. The summed E-state index contributed by atoms with van der Waals surface area (Å²) < 4.78 is 2.00. The lowest BCUT2D eigenvalue weighted by Gasteiger charge is -2.09. The van der Waals surface area contributed by atoms with Crippen molar-refractivity contribution in [3.63, 3.8) is 0 Å². The quantitative estimate of drug-likeness (QED) is 0.870. The number of hydrogen-bond acceptors (Lipinski definition) is 2. The van der Waals surface area contributed by atoms with Gasteiger partial charge in [-0.05, 0) is 37.5 Å². The molecule has 0 spiro atoms. The molecule has 2 rings (SSSR count). The Kier molecular flexibility index (Phi) is 4.03. The number of rotatable bonds is 5. The summed E-state index contributed by atoms with van der Waals surface area (Å²) >= 11 is 0. The highest BCUT2D eigenvalue weighted by Gasteiger charge is 2.01. The average molecular weight is 243 g/mol. The first-order chi connectivity index (χ1) is 8.69. The maximum absolute atomic E-state index is 4.33. The first kappa shape index (κ1) is 12.7. The lowest BCUT2D eigenvalue weighted by molar-refractivity contribution is 0.602. The molecular formula is C15H21N3. The van der Waals surface area contributed by atoms with Crippen LogP contribution in [0.2, 0.25) is 0 Å². The van der Waals surface area contributed by atoms with Crippen LogP contribution < -0.4 is 5.32 Å². The third-order valence-corrected chi connectivity index (χ3v) is 3.02. The normalized spacial score (nSPS) is 10.6. The Morgan fingerprint density at radius 2 is 2.11 bits per heavy atom. The van der Waals surface area contributed by atoms with Crippen molar-refractivity contribution < 1.29 is 0 Å². The van der Waals surface area contributed by atoms with Crippen molar-refractivity contribution in [3.05, 3.63) is 47.3 Å². The number of hydrogen-bond donors (Lipinski definition) is 1. The van der Waals surface area contributed by atoms with Crippen LogP contribution in [-0.2, 0) is 13.1 Å². The molecule has 0 unspecified atom stereocenters. The first-order valence-electron chi connectivity index (χ1n) is 6.51. The van der Waals surface area contributed by atoms with Crippen molar-refractivity contribution in [3.8, 4) is 0 Å². The van der Waals surface area contributed by atoms with E-state index in [0.717, 1.165) is 19.5 Å². The van der Waals surface area contributed by atoms with Crippen LogP contribution in [0.4, 0.5) is 5.69 Å². The molecule has 96 valence electrons. The molecule has 0 amide bonds. The van der Waals surface area contributed by atoms with Crippen LogP contribution in [0.1, 0.15) is 30.0 Å². The van der Waals surface area contributed by atoms with Gasteiger partial charge in [-0.15, -0.1) is 0 Å². The molecule has 2 aromatic rings. The van der Waals surface area contributed by atoms with Gasteiger partial charge < -0.3 is 5.32 Å². The second-order valence-corrected chi connectivity index (χ2v) is 4.78. The van der Waals surface area contributed by atoms with Gasteiger partial charge >= 0.3 is 0 Å². The Morgan fingerprint density at radius 1 is 1.28 bits per heavy atom. The highest BCUT2D eigenvalue weighted by molar-refractivity contribution is 5.52. The molecule has 0 aliphatic heterocycles. The van der Waals surface area contributed by atoms with Gasteiger partial charge in [-0.3, -0.25) is 4.68 Å². The Balaban J connectivity index is 1.99. The van der Waals surface area contributed by atoms with Gasteiger partial charge in [0.15, 0.2) is 0 Å². The van der Waals surface area contributed by atoms with Crippen LogP contribution in [0, 0.1) is 13.8 Å². The van der Waals surface area contributed by atoms with Gasteiger partial charge in [-0.2, -0.15) is 5.10 Å². The van der Waals surface area contributed by atoms with E-state index in [9.17, 15) is 0 Å². The number of aryl methyl sites for hydroxylation is 3. The highest BCUT2D eigenvalue weighted by Crippen LogP contribution is 2.17. The second kappa shape index (κ2) is 5.71. The lowest BCUT2D eigenvalue weighted by Crippen LogP contribution is -2.01. The minimum atomic E-state index is 0.827. The van der Waals surface area contributed by atoms with Crippen molar-refractivity contribution >= 4 is 5.69 Å². The van der Waals surface area contributed by atoms with Crippen molar-refractivity contribution in [1.29, 1.82) is 0 Å². The molecule has 0 atom stereocenters. The fourth-order valence-electron chi connectivity index (χ4n) is 1.97. The Bertz CT molecular complexity index is 514. The summed E-state index contributed by atoms with van der Waals surface area (Å²) in [6.45, 7) is 8.22. The molecule has 1 aromatic carbocycles. The molecule has 0 bridgehead atoms. The summed E-state index contributed by atoms with van der Waals surface area (Å²) in [5.74, 6) is 0. The molecule has 0 fully saturated rings. The molecular weight excluding hydrogens is 222 g/mol. The molecule has 0 saturated heterocycles. The summed E-state index contributed by atoms with van der Waals surface area (Å²) in [6.07, 6.45) is 5.17. The maximum atomic E-state index is 4.33. The number of aromatic nitrogens is 2. The van der Waals surface area contributed by atoms with Crippen LogP contribution in [0.3, 0.4) is 0 Å². The molecule has 0 saturated carbocycles. The van der Waals surface area contributed by atoms with Gasteiger partial charge in [0.1, 0.15) is 0 Å². The van der Waals surface area contributed by atoms with E-state index in [1.165, 1.54) is 22.4 Å².